The minimum absolute atomic E-state index is 0.0527. The predicted molar refractivity (Wildman–Crippen MR) is 68.3 cm³/mol. The van der Waals surface area contributed by atoms with Crippen LogP contribution < -0.4 is 4.72 Å². The number of hydrogen-bond donors (Lipinski definition) is 1. The number of methoxy groups -OCH3 is 1. The normalized spacial score (nSPS) is 11.1. The third kappa shape index (κ3) is 5.27. The van der Waals surface area contributed by atoms with Crippen LogP contribution >= 0.6 is 0 Å². The van der Waals surface area contributed by atoms with Crippen LogP contribution in [0.3, 0.4) is 0 Å². The van der Waals surface area contributed by atoms with Gasteiger partial charge in [0.15, 0.2) is 0 Å². The Morgan fingerprint density at radius 3 is 2.56 bits per heavy atom. The van der Waals surface area contributed by atoms with Crippen LogP contribution in [0.1, 0.15) is 17.5 Å². The second-order valence-electron chi connectivity index (χ2n) is 3.80. The zero-order valence-electron chi connectivity index (χ0n) is 10.2. The Kier molecular flexibility index (Phi) is 5.78. The second-order valence-corrected chi connectivity index (χ2v) is 5.72. The van der Waals surface area contributed by atoms with Gasteiger partial charge >= 0.3 is 0 Å². The van der Waals surface area contributed by atoms with E-state index in [1.165, 1.54) is 7.11 Å². The maximum Gasteiger partial charge on any atom is 0.211 e. The number of sulfonamides is 1. The van der Waals surface area contributed by atoms with Crippen molar-refractivity contribution in [3.05, 3.63) is 35.4 Å². The first kappa shape index (κ1) is 14.6. The standard InChI is InChI=1S/C12H16N2O3S/c1-17-7-2-8-18(15,16)14-10-12-5-3-11(9-13)4-6-12/h3-6,14H,2,7-8,10H2,1H3. The lowest BCUT2D eigenvalue weighted by atomic mass is 10.1. The fraction of sp³-hybridized carbons (Fsp3) is 0.417. The first-order chi connectivity index (χ1) is 8.57. The maximum absolute atomic E-state index is 11.6. The number of rotatable bonds is 7. The number of nitrogens with zero attached hydrogens (tertiary/aromatic N) is 1. The van der Waals surface area contributed by atoms with E-state index in [0.29, 0.717) is 18.6 Å². The lowest BCUT2D eigenvalue weighted by Gasteiger charge is -2.06. The fourth-order valence-corrected chi connectivity index (χ4v) is 2.38. The van der Waals surface area contributed by atoms with Gasteiger partial charge in [-0.3, -0.25) is 0 Å². The largest absolute Gasteiger partial charge is 0.385 e. The van der Waals surface area contributed by atoms with Crippen molar-refractivity contribution in [1.29, 1.82) is 5.26 Å². The van der Waals surface area contributed by atoms with Crippen LogP contribution in [0.4, 0.5) is 0 Å². The van der Waals surface area contributed by atoms with Crippen molar-refractivity contribution in [3.8, 4) is 6.07 Å². The zero-order chi connectivity index (χ0) is 13.4. The van der Waals surface area contributed by atoms with Crippen molar-refractivity contribution in [2.24, 2.45) is 0 Å². The molecule has 0 fully saturated rings. The third-order valence-electron chi connectivity index (χ3n) is 2.34. The summed E-state index contributed by atoms with van der Waals surface area (Å²) in [7, 11) is -1.72. The van der Waals surface area contributed by atoms with E-state index in [4.69, 9.17) is 10.00 Å². The van der Waals surface area contributed by atoms with Gasteiger partial charge in [-0.05, 0) is 24.1 Å². The highest BCUT2D eigenvalue weighted by Gasteiger charge is 2.09. The van der Waals surface area contributed by atoms with E-state index in [2.05, 4.69) is 4.72 Å². The van der Waals surface area contributed by atoms with Crippen molar-refractivity contribution in [2.45, 2.75) is 13.0 Å². The summed E-state index contributed by atoms with van der Waals surface area (Å²) in [5, 5.41) is 8.63. The van der Waals surface area contributed by atoms with Gasteiger partial charge in [0.2, 0.25) is 10.0 Å². The van der Waals surface area contributed by atoms with Gasteiger partial charge in [-0.25, -0.2) is 13.1 Å². The van der Waals surface area contributed by atoms with Crippen LogP contribution in [0.2, 0.25) is 0 Å². The van der Waals surface area contributed by atoms with Gasteiger partial charge in [0, 0.05) is 20.3 Å². The molecule has 0 aliphatic heterocycles. The summed E-state index contributed by atoms with van der Waals surface area (Å²) >= 11 is 0. The molecule has 0 atom stereocenters. The molecule has 0 saturated carbocycles. The summed E-state index contributed by atoms with van der Waals surface area (Å²) in [5.41, 5.74) is 1.38. The monoisotopic (exact) mass is 268 g/mol. The van der Waals surface area contributed by atoms with Crippen molar-refractivity contribution in [3.63, 3.8) is 0 Å². The highest BCUT2D eigenvalue weighted by Crippen LogP contribution is 2.03. The molecule has 0 aromatic heterocycles. The van der Waals surface area contributed by atoms with Crippen LogP contribution in [0.5, 0.6) is 0 Å². The average molecular weight is 268 g/mol. The van der Waals surface area contributed by atoms with E-state index in [-0.39, 0.29) is 12.3 Å². The Morgan fingerprint density at radius 2 is 2.00 bits per heavy atom. The van der Waals surface area contributed by atoms with E-state index in [1.54, 1.807) is 24.3 Å². The highest BCUT2D eigenvalue weighted by molar-refractivity contribution is 7.89. The molecule has 0 unspecified atom stereocenters. The van der Waals surface area contributed by atoms with Crippen LogP contribution in [-0.4, -0.2) is 27.9 Å². The molecule has 0 bridgehead atoms. The summed E-state index contributed by atoms with van der Waals surface area (Å²) in [4.78, 5) is 0. The Labute approximate surface area is 107 Å². The average Bonchev–Trinajstić information content (AvgIpc) is 2.37. The third-order valence-corrected chi connectivity index (χ3v) is 3.75. The first-order valence-electron chi connectivity index (χ1n) is 5.53. The molecule has 1 aromatic carbocycles. The van der Waals surface area contributed by atoms with Crippen molar-refractivity contribution in [2.75, 3.05) is 19.5 Å². The molecule has 0 heterocycles. The van der Waals surface area contributed by atoms with Gasteiger partial charge in [-0.1, -0.05) is 12.1 Å². The molecule has 98 valence electrons. The Morgan fingerprint density at radius 1 is 1.33 bits per heavy atom. The highest BCUT2D eigenvalue weighted by atomic mass is 32.2. The molecule has 1 N–H and O–H groups in total. The van der Waals surface area contributed by atoms with Crippen molar-refractivity contribution >= 4 is 10.0 Å². The molecule has 18 heavy (non-hydrogen) atoms. The quantitative estimate of drug-likeness (QED) is 0.749. The van der Waals surface area contributed by atoms with Gasteiger partial charge in [-0.2, -0.15) is 5.26 Å². The summed E-state index contributed by atoms with van der Waals surface area (Å²) in [6, 6.07) is 8.80. The summed E-state index contributed by atoms with van der Waals surface area (Å²) in [5.74, 6) is 0.0527. The molecule has 6 heteroatoms. The Hall–Kier alpha value is -1.42. The SMILES string of the molecule is COCCCS(=O)(=O)NCc1ccc(C#N)cc1. The smallest absolute Gasteiger partial charge is 0.211 e. The van der Waals surface area contributed by atoms with Gasteiger partial charge in [0.1, 0.15) is 0 Å². The molecule has 0 aliphatic rings. The summed E-state index contributed by atoms with van der Waals surface area (Å²) in [6.07, 6.45) is 0.471. The Balaban J connectivity index is 2.46. The number of ether oxygens (including phenoxy) is 1. The van der Waals surface area contributed by atoms with Gasteiger partial charge in [-0.15, -0.1) is 0 Å². The number of nitrogens with one attached hydrogen (secondary N) is 1. The maximum atomic E-state index is 11.6. The lowest BCUT2D eigenvalue weighted by Crippen LogP contribution is -2.26. The zero-order valence-corrected chi connectivity index (χ0v) is 11.0. The van der Waals surface area contributed by atoms with Crippen molar-refractivity contribution in [1.82, 2.24) is 4.72 Å². The fourth-order valence-electron chi connectivity index (χ4n) is 1.36. The van der Waals surface area contributed by atoms with Crippen LogP contribution in [-0.2, 0) is 21.3 Å². The van der Waals surface area contributed by atoms with E-state index < -0.39 is 10.0 Å². The molecule has 1 aromatic rings. The number of nitriles is 1. The van der Waals surface area contributed by atoms with E-state index in [0.717, 1.165) is 5.56 Å². The minimum atomic E-state index is -3.26. The molecule has 0 saturated heterocycles. The summed E-state index contributed by atoms with van der Waals surface area (Å²) in [6.45, 7) is 0.665. The first-order valence-corrected chi connectivity index (χ1v) is 7.18. The molecule has 0 radical (unpaired) electrons. The molecule has 5 nitrogen and oxygen atoms in total. The van der Waals surface area contributed by atoms with Crippen LogP contribution in [0.15, 0.2) is 24.3 Å². The number of hydrogen-bond acceptors (Lipinski definition) is 4. The second kappa shape index (κ2) is 7.11. The topological polar surface area (TPSA) is 79.2 Å². The molecular formula is C12H16N2O3S. The molecule has 0 spiro atoms. The number of benzene rings is 1. The van der Waals surface area contributed by atoms with Crippen LogP contribution in [0.25, 0.3) is 0 Å². The predicted octanol–water partition coefficient (Wildman–Crippen LogP) is 1.01. The van der Waals surface area contributed by atoms with Crippen molar-refractivity contribution < 1.29 is 13.2 Å². The van der Waals surface area contributed by atoms with Crippen LogP contribution in [0, 0.1) is 11.3 Å². The molecule has 0 amide bonds. The lowest BCUT2D eigenvalue weighted by molar-refractivity contribution is 0.199. The van der Waals surface area contributed by atoms with Gasteiger partial charge in [0.25, 0.3) is 0 Å². The summed E-state index contributed by atoms with van der Waals surface area (Å²) < 4.78 is 30.5. The van der Waals surface area contributed by atoms with E-state index in [1.807, 2.05) is 6.07 Å². The molecule has 0 aliphatic carbocycles. The van der Waals surface area contributed by atoms with E-state index >= 15 is 0 Å². The van der Waals surface area contributed by atoms with Gasteiger partial charge < -0.3 is 4.74 Å². The van der Waals surface area contributed by atoms with E-state index in [9.17, 15) is 8.42 Å². The molecule has 1 rings (SSSR count). The minimum Gasteiger partial charge on any atom is -0.385 e. The van der Waals surface area contributed by atoms with Gasteiger partial charge in [0.05, 0.1) is 17.4 Å². The Bertz CT molecular complexity index is 503. The molecular weight excluding hydrogens is 252 g/mol.